The summed E-state index contributed by atoms with van der Waals surface area (Å²) in [5.74, 6) is -0.815. The molecule has 0 radical (unpaired) electrons. The third kappa shape index (κ3) is 3.14. The van der Waals surface area contributed by atoms with Gasteiger partial charge in [-0.15, -0.1) is 0 Å². The van der Waals surface area contributed by atoms with Crippen LogP contribution in [0.5, 0.6) is 0 Å². The van der Waals surface area contributed by atoms with Gasteiger partial charge in [0, 0.05) is 0 Å². The van der Waals surface area contributed by atoms with Crippen LogP contribution in [0.3, 0.4) is 0 Å². The second-order valence-electron chi connectivity index (χ2n) is 3.18. The summed E-state index contributed by atoms with van der Waals surface area (Å²) >= 11 is 3.11. The average Bonchev–Trinajstić information content (AvgIpc) is 2.19. The molecular formula is C11H13BrO2. The molecule has 0 saturated heterocycles. The molecule has 0 amide bonds. The Morgan fingerprint density at radius 1 is 1.36 bits per heavy atom. The first-order chi connectivity index (χ1) is 6.63. The maximum atomic E-state index is 10.6. The van der Waals surface area contributed by atoms with Crippen LogP contribution in [0.15, 0.2) is 24.3 Å². The van der Waals surface area contributed by atoms with E-state index in [0.29, 0.717) is 6.42 Å². The zero-order valence-corrected chi connectivity index (χ0v) is 9.62. The quantitative estimate of drug-likeness (QED) is 0.842. The molecule has 0 aliphatic heterocycles. The Hall–Kier alpha value is -0.830. The molecule has 0 unspecified atom stereocenters. The molecule has 0 aliphatic carbocycles. The fourth-order valence-corrected chi connectivity index (χ4v) is 1.58. The van der Waals surface area contributed by atoms with Gasteiger partial charge in [-0.05, 0) is 24.0 Å². The van der Waals surface area contributed by atoms with Gasteiger partial charge in [0.15, 0.2) is 0 Å². The zero-order chi connectivity index (χ0) is 10.6. The van der Waals surface area contributed by atoms with Crippen LogP contribution in [-0.4, -0.2) is 15.9 Å². The van der Waals surface area contributed by atoms with Crippen molar-refractivity contribution in [3.8, 4) is 0 Å². The van der Waals surface area contributed by atoms with Gasteiger partial charge in [0.05, 0.1) is 0 Å². The van der Waals surface area contributed by atoms with E-state index in [1.807, 2.05) is 24.3 Å². The molecule has 0 heterocycles. The monoisotopic (exact) mass is 256 g/mol. The van der Waals surface area contributed by atoms with Gasteiger partial charge >= 0.3 is 5.97 Å². The van der Waals surface area contributed by atoms with Crippen LogP contribution in [-0.2, 0) is 17.6 Å². The van der Waals surface area contributed by atoms with E-state index < -0.39 is 10.8 Å². The van der Waals surface area contributed by atoms with Crippen molar-refractivity contribution in [1.29, 1.82) is 0 Å². The number of carbonyl (C=O) groups is 1. The summed E-state index contributed by atoms with van der Waals surface area (Å²) in [6, 6.07) is 8.04. The molecule has 0 saturated carbocycles. The van der Waals surface area contributed by atoms with E-state index in [2.05, 4.69) is 22.9 Å². The van der Waals surface area contributed by atoms with Gasteiger partial charge in [-0.2, -0.15) is 0 Å². The molecule has 0 aliphatic rings. The summed E-state index contributed by atoms with van der Waals surface area (Å²) in [5, 5.41) is 8.70. The topological polar surface area (TPSA) is 37.3 Å². The summed E-state index contributed by atoms with van der Waals surface area (Å²) in [6.07, 6.45) is 1.54. The Morgan fingerprint density at radius 3 is 2.29 bits per heavy atom. The van der Waals surface area contributed by atoms with Gasteiger partial charge in [-0.3, -0.25) is 4.79 Å². The van der Waals surface area contributed by atoms with Crippen LogP contribution in [0.1, 0.15) is 18.1 Å². The van der Waals surface area contributed by atoms with Crippen LogP contribution < -0.4 is 0 Å². The van der Waals surface area contributed by atoms with Gasteiger partial charge in [0.1, 0.15) is 4.83 Å². The second kappa shape index (κ2) is 5.15. The molecule has 1 N–H and O–H groups in total. The number of halogens is 1. The van der Waals surface area contributed by atoms with Crippen molar-refractivity contribution in [1.82, 2.24) is 0 Å². The Kier molecular flexibility index (Phi) is 4.14. The van der Waals surface area contributed by atoms with Crippen molar-refractivity contribution in [3.05, 3.63) is 35.4 Å². The molecule has 76 valence electrons. The van der Waals surface area contributed by atoms with Gasteiger partial charge < -0.3 is 5.11 Å². The number of hydrogen-bond acceptors (Lipinski definition) is 1. The van der Waals surface area contributed by atoms with Crippen molar-refractivity contribution in [3.63, 3.8) is 0 Å². The molecule has 1 aromatic rings. The number of benzene rings is 1. The third-order valence-corrected chi connectivity index (χ3v) is 2.83. The summed E-state index contributed by atoms with van der Waals surface area (Å²) in [5.41, 5.74) is 2.32. The van der Waals surface area contributed by atoms with Crippen LogP contribution >= 0.6 is 15.9 Å². The van der Waals surface area contributed by atoms with E-state index >= 15 is 0 Å². The fraction of sp³-hybridized carbons (Fsp3) is 0.364. The van der Waals surface area contributed by atoms with E-state index in [0.717, 1.165) is 12.0 Å². The summed E-state index contributed by atoms with van der Waals surface area (Å²) in [4.78, 5) is 10.1. The number of carboxylic acids is 1. The minimum atomic E-state index is -0.815. The second-order valence-corrected chi connectivity index (χ2v) is 4.29. The number of hydrogen-bond donors (Lipinski definition) is 1. The van der Waals surface area contributed by atoms with Crippen molar-refractivity contribution >= 4 is 21.9 Å². The number of aliphatic carboxylic acids is 1. The molecule has 0 fully saturated rings. The van der Waals surface area contributed by atoms with Gasteiger partial charge in [0.2, 0.25) is 0 Å². The lowest BCUT2D eigenvalue weighted by Gasteiger charge is -2.05. The van der Waals surface area contributed by atoms with Crippen LogP contribution in [0.2, 0.25) is 0 Å². The largest absolute Gasteiger partial charge is 0.480 e. The van der Waals surface area contributed by atoms with Crippen LogP contribution in [0, 0.1) is 0 Å². The molecule has 0 bridgehead atoms. The van der Waals surface area contributed by atoms with Crippen molar-refractivity contribution in [2.45, 2.75) is 24.6 Å². The standard InChI is InChI=1S/C11H13BrO2/c1-2-8-3-5-9(6-4-8)7-10(12)11(13)14/h3-6,10H,2,7H2,1H3,(H,13,14)/t10-/m0/s1. The predicted molar refractivity (Wildman–Crippen MR) is 59.9 cm³/mol. The minimum Gasteiger partial charge on any atom is -0.480 e. The summed E-state index contributed by atoms with van der Waals surface area (Å²) < 4.78 is 0. The van der Waals surface area contributed by atoms with Gasteiger partial charge in [0.25, 0.3) is 0 Å². The maximum Gasteiger partial charge on any atom is 0.317 e. The lowest BCUT2D eigenvalue weighted by Crippen LogP contribution is -2.15. The normalized spacial score (nSPS) is 12.4. The van der Waals surface area contributed by atoms with E-state index in [1.165, 1.54) is 5.56 Å². The van der Waals surface area contributed by atoms with E-state index in [9.17, 15) is 4.79 Å². The molecule has 0 spiro atoms. The van der Waals surface area contributed by atoms with Crippen LogP contribution in [0.25, 0.3) is 0 Å². The third-order valence-electron chi connectivity index (χ3n) is 2.11. The van der Waals surface area contributed by atoms with Crippen molar-refractivity contribution < 1.29 is 9.90 Å². The number of carboxylic acid groups (broad SMARTS) is 1. The van der Waals surface area contributed by atoms with Crippen LogP contribution in [0.4, 0.5) is 0 Å². The molecule has 2 nitrogen and oxygen atoms in total. The first-order valence-electron chi connectivity index (χ1n) is 4.58. The lowest BCUT2D eigenvalue weighted by atomic mass is 10.1. The lowest BCUT2D eigenvalue weighted by molar-refractivity contribution is -0.136. The first-order valence-corrected chi connectivity index (χ1v) is 5.49. The van der Waals surface area contributed by atoms with Crippen molar-refractivity contribution in [2.24, 2.45) is 0 Å². The Morgan fingerprint density at radius 2 is 1.86 bits per heavy atom. The zero-order valence-electron chi connectivity index (χ0n) is 8.03. The highest BCUT2D eigenvalue weighted by Gasteiger charge is 2.12. The van der Waals surface area contributed by atoms with Gasteiger partial charge in [-0.25, -0.2) is 0 Å². The number of aryl methyl sites for hydroxylation is 1. The molecule has 1 rings (SSSR count). The molecule has 1 aromatic carbocycles. The Balaban J connectivity index is 2.64. The molecule has 3 heteroatoms. The minimum absolute atomic E-state index is 0.491. The molecular weight excluding hydrogens is 244 g/mol. The van der Waals surface area contributed by atoms with Crippen molar-refractivity contribution in [2.75, 3.05) is 0 Å². The Labute approximate surface area is 92.1 Å². The highest BCUT2D eigenvalue weighted by molar-refractivity contribution is 9.10. The summed E-state index contributed by atoms with van der Waals surface area (Å²) in [6.45, 7) is 2.10. The first kappa shape index (κ1) is 11.2. The molecule has 14 heavy (non-hydrogen) atoms. The average molecular weight is 257 g/mol. The fourth-order valence-electron chi connectivity index (χ4n) is 1.21. The Bertz CT molecular complexity index is 306. The number of alkyl halides is 1. The van der Waals surface area contributed by atoms with E-state index in [1.54, 1.807) is 0 Å². The smallest absolute Gasteiger partial charge is 0.317 e. The number of rotatable bonds is 4. The molecule has 0 aromatic heterocycles. The van der Waals surface area contributed by atoms with E-state index in [-0.39, 0.29) is 0 Å². The van der Waals surface area contributed by atoms with Gasteiger partial charge in [-0.1, -0.05) is 47.1 Å². The predicted octanol–water partition coefficient (Wildman–Crippen LogP) is 2.64. The summed E-state index contributed by atoms with van der Waals surface area (Å²) in [7, 11) is 0. The SMILES string of the molecule is CCc1ccc(C[C@H](Br)C(=O)O)cc1. The highest BCUT2D eigenvalue weighted by atomic mass is 79.9. The highest BCUT2D eigenvalue weighted by Crippen LogP contribution is 2.11. The van der Waals surface area contributed by atoms with E-state index in [4.69, 9.17) is 5.11 Å². The maximum absolute atomic E-state index is 10.6. The molecule has 1 atom stereocenters.